The van der Waals surface area contributed by atoms with Crippen molar-refractivity contribution in [1.82, 2.24) is 10.6 Å². The summed E-state index contributed by atoms with van der Waals surface area (Å²) in [5, 5.41) is 6.65. The predicted octanol–water partition coefficient (Wildman–Crippen LogP) is 3.21. The van der Waals surface area contributed by atoms with E-state index in [9.17, 15) is 0 Å². The normalized spacial score (nSPS) is 14.8. The molecule has 0 atom stereocenters. The predicted molar refractivity (Wildman–Crippen MR) is 127 cm³/mol. The highest BCUT2D eigenvalue weighted by Gasteiger charge is 2.13. The lowest BCUT2D eigenvalue weighted by atomic mass is 10.0. The molecule has 166 valence electrons. The molecule has 0 aromatic heterocycles. The van der Waals surface area contributed by atoms with E-state index in [0.717, 1.165) is 75.3 Å². The molecule has 1 aliphatic rings. The number of nitrogens with zero attached hydrogens (tertiary/aromatic N) is 1. The van der Waals surface area contributed by atoms with Crippen LogP contribution in [0.15, 0.2) is 23.2 Å². The van der Waals surface area contributed by atoms with Crippen molar-refractivity contribution in [3.8, 4) is 11.5 Å². The van der Waals surface area contributed by atoms with Crippen molar-refractivity contribution >= 4 is 29.9 Å². The summed E-state index contributed by atoms with van der Waals surface area (Å²) in [6.45, 7) is 7.39. The van der Waals surface area contributed by atoms with Crippen molar-refractivity contribution < 1.29 is 18.9 Å². The zero-order chi connectivity index (χ0) is 20.0. The van der Waals surface area contributed by atoms with Gasteiger partial charge >= 0.3 is 0 Å². The molecule has 1 aliphatic heterocycles. The lowest BCUT2D eigenvalue weighted by molar-refractivity contribution is 0.0203. The van der Waals surface area contributed by atoms with Gasteiger partial charge in [-0.3, -0.25) is 4.99 Å². The minimum atomic E-state index is 0. The maximum Gasteiger partial charge on any atom is 0.191 e. The van der Waals surface area contributed by atoms with Crippen LogP contribution in [-0.4, -0.2) is 59.7 Å². The molecule has 0 saturated carbocycles. The molecule has 1 fully saturated rings. The van der Waals surface area contributed by atoms with E-state index < -0.39 is 0 Å². The van der Waals surface area contributed by atoms with Crippen LogP contribution in [0.4, 0.5) is 0 Å². The third kappa shape index (κ3) is 9.86. The molecular weight excluding hydrogens is 485 g/mol. The van der Waals surface area contributed by atoms with E-state index in [1.807, 2.05) is 25.1 Å². The summed E-state index contributed by atoms with van der Waals surface area (Å²) in [6, 6.07) is 5.94. The van der Waals surface area contributed by atoms with Gasteiger partial charge in [-0.25, -0.2) is 0 Å². The molecule has 0 radical (unpaired) electrons. The number of hydrogen-bond donors (Lipinski definition) is 2. The third-order valence-electron chi connectivity index (χ3n) is 4.66. The summed E-state index contributed by atoms with van der Waals surface area (Å²) in [7, 11) is 3.42. The van der Waals surface area contributed by atoms with Gasteiger partial charge in [0.2, 0.25) is 0 Å². The van der Waals surface area contributed by atoms with Crippen LogP contribution in [0.5, 0.6) is 11.5 Å². The van der Waals surface area contributed by atoms with Gasteiger partial charge < -0.3 is 29.6 Å². The van der Waals surface area contributed by atoms with Crippen LogP contribution in [0.25, 0.3) is 0 Å². The van der Waals surface area contributed by atoms with Crippen molar-refractivity contribution in [2.75, 3.05) is 53.7 Å². The molecule has 1 aromatic rings. The van der Waals surface area contributed by atoms with Gasteiger partial charge in [0.05, 0.1) is 13.7 Å². The number of ether oxygens (including phenoxy) is 4. The molecule has 1 aromatic carbocycles. The van der Waals surface area contributed by atoms with Crippen LogP contribution < -0.4 is 20.1 Å². The molecule has 0 bridgehead atoms. The molecule has 0 aliphatic carbocycles. The average molecular weight is 521 g/mol. The van der Waals surface area contributed by atoms with Crippen LogP contribution in [0, 0.1) is 5.92 Å². The van der Waals surface area contributed by atoms with Crippen molar-refractivity contribution in [3.05, 3.63) is 23.8 Å². The Hall–Kier alpha value is -1.26. The van der Waals surface area contributed by atoms with E-state index in [1.54, 1.807) is 14.2 Å². The van der Waals surface area contributed by atoms with Crippen molar-refractivity contribution in [1.29, 1.82) is 0 Å². The van der Waals surface area contributed by atoms with Crippen LogP contribution in [0.1, 0.15) is 31.7 Å². The SMILES string of the molecule is CCOc1cc(CNC(=NC)NCCCOCC2CCOCC2)ccc1OC.I. The molecule has 1 saturated heterocycles. The minimum absolute atomic E-state index is 0. The van der Waals surface area contributed by atoms with Crippen molar-refractivity contribution in [3.63, 3.8) is 0 Å². The Labute approximate surface area is 191 Å². The van der Waals surface area contributed by atoms with E-state index in [4.69, 9.17) is 18.9 Å². The first-order valence-electron chi connectivity index (χ1n) is 10.2. The number of halogens is 1. The second-order valence-electron chi connectivity index (χ2n) is 6.75. The van der Waals surface area contributed by atoms with Crippen molar-refractivity contribution in [2.24, 2.45) is 10.9 Å². The van der Waals surface area contributed by atoms with Gasteiger partial charge in [-0.1, -0.05) is 6.07 Å². The Morgan fingerprint density at radius 1 is 1.21 bits per heavy atom. The Morgan fingerprint density at radius 2 is 2.00 bits per heavy atom. The lowest BCUT2D eigenvalue weighted by Gasteiger charge is -2.21. The molecule has 1 heterocycles. The Balaban J connectivity index is 0.00000420. The maximum atomic E-state index is 5.79. The van der Waals surface area contributed by atoms with E-state index in [1.165, 1.54) is 0 Å². The highest BCUT2D eigenvalue weighted by molar-refractivity contribution is 14.0. The zero-order valence-electron chi connectivity index (χ0n) is 17.9. The monoisotopic (exact) mass is 521 g/mol. The molecule has 0 spiro atoms. The van der Waals surface area contributed by atoms with E-state index in [0.29, 0.717) is 19.1 Å². The maximum absolute atomic E-state index is 5.79. The topological polar surface area (TPSA) is 73.3 Å². The molecule has 0 unspecified atom stereocenters. The van der Waals surface area contributed by atoms with E-state index in [-0.39, 0.29) is 24.0 Å². The van der Waals surface area contributed by atoms with Crippen LogP contribution >= 0.6 is 24.0 Å². The van der Waals surface area contributed by atoms with Gasteiger partial charge in [0.25, 0.3) is 0 Å². The Morgan fingerprint density at radius 3 is 2.69 bits per heavy atom. The summed E-state index contributed by atoms with van der Waals surface area (Å²) in [5.41, 5.74) is 1.10. The third-order valence-corrected chi connectivity index (χ3v) is 4.66. The molecular formula is C21H36IN3O4. The fourth-order valence-corrected chi connectivity index (χ4v) is 3.05. The summed E-state index contributed by atoms with van der Waals surface area (Å²) in [5.74, 6) is 2.93. The van der Waals surface area contributed by atoms with Gasteiger partial charge in [0, 0.05) is 46.6 Å². The molecule has 2 rings (SSSR count). The number of nitrogens with one attached hydrogen (secondary N) is 2. The summed E-state index contributed by atoms with van der Waals surface area (Å²) >= 11 is 0. The quantitative estimate of drug-likeness (QED) is 0.202. The Kier molecular flexibility index (Phi) is 13.8. The lowest BCUT2D eigenvalue weighted by Crippen LogP contribution is -2.37. The number of guanidine groups is 1. The second kappa shape index (κ2) is 15.6. The fourth-order valence-electron chi connectivity index (χ4n) is 3.05. The first-order valence-corrected chi connectivity index (χ1v) is 10.2. The number of aliphatic imine (C=N–C) groups is 1. The van der Waals surface area contributed by atoms with Crippen molar-refractivity contribution in [2.45, 2.75) is 32.7 Å². The molecule has 0 amide bonds. The Bertz CT molecular complexity index is 595. The molecule has 29 heavy (non-hydrogen) atoms. The van der Waals surface area contributed by atoms with Gasteiger partial charge in [0.15, 0.2) is 17.5 Å². The van der Waals surface area contributed by atoms with Gasteiger partial charge in [-0.2, -0.15) is 0 Å². The summed E-state index contributed by atoms with van der Waals surface area (Å²) in [6.07, 6.45) is 3.18. The highest BCUT2D eigenvalue weighted by Crippen LogP contribution is 2.27. The van der Waals surface area contributed by atoms with E-state index in [2.05, 4.69) is 15.6 Å². The highest BCUT2D eigenvalue weighted by atomic mass is 127. The molecule has 2 N–H and O–H groups in total. The zero-order valence-corrected chi connectivity index (χ0v) is 20.2. The van der Waals surface area contributed by atoms with Gasteiger partial charge in [-0.15, -0.1) is 24.0 Å². The average Bonchev–Trinajstić information content (AvgIpc) is 2.74. The second-order valence-corrected chi connectivity index (χ2v) is 6.75. The molecule has 8 heteroatoms. The van der Waals surface area contributed by atoms with Crippen LogP contribution in [0.3, 0.4) is 0 Å². The smallest absolute Gasteiger partial charge is 0.191 e. The first kappa shape index (κ1) is 25.8. The largest absolute Gasteiger partial charge is 0.493 e. The number of benzene rings is 1. The standard InChI is InChI=1S/C21H35N3O4.HI/c1-4-28-20-14-18(6-7-19(20)25-3)15-24-21(22-2)23-10-5-11-27-16-17-8-12-26-13-9-17;/h6-7,14,17H,4-5,8-13,15-16H2,1-3H3,(H2,22,23,24);1H. The van der Waals surface area contributed by atoms with Crippen LogP contribution in [-0.2, 0) is 16.0 Å². The van der Waals surface area contributed by atoms with Gasteiger partial charge in [-0.05, 0) is 49.8 Å². The number of methoxy groups -OCH3 is 1. The van der Waals surface area contributed by atoms with Gasteiger partial charge in [0.1, 0.15) is 0 Å². The summed E-state index contributed by atoms with van der Waals surface area (Å²) < 4.78 is 22.1. The molecule has 7 nitrogen and oxygen atoms in total. The summed E-state index contributed by atoms with van der Waals surface area (Å²) in [4.78, 5) is 4.27. The van der Waals surface area contributed by atoms with Crippen LogP contribution in [0.2, 0.25) is 0 Å². The minimum Gasteiger partial charge on any atom is -0.493 e. The van der Waals surface area contributed by atoms with E-state index >= 15 is 0 Å². The number of rotatable bonds is 11. The fraction of sp³-hybridized carbons (Fsp3) is 0.667. The number of hydrogen-bond acceptors (Lipinski definition) is 5. The first-order chi connectivity index (χ1) is 13.8.